The number of hydrogen-bond acceptors (Lipinski definition) is 2. The van der Waals surface area contributed by atoms with Crippen LogP contribution in [0.25, 0.3) is 0 Å². The largest absolute Gasteiger partial charge is 0.393 e. The Balaban J connectivity index is 2.62. The topological polar surface area (TPSA) is 21.6 Å². The Morgan fingerprint density at radius 2 is 2.21 bits per heavy atom. The van der Waals surface area contributed by atoms with Gasteiger partial charge >= 0.3 is 0 Å². The SMILES string of the molecule is CCc1cccc(C=NOC(C)C)c1. The molecule has 0 saturated heterocycles. The van der Waals surface area contributed by atoms with E-state index in [4.69, 9.17) is 4.84 Å². The van der Waals surface area contributed by atoms with Crippen molar-refractivity contribution in [3.8, 4) is 0 Å². The molecule has 0 fully saturated rings. The number of benzene rings is 1. The van der Waals surface area contributed by atoms with Crippen molar-refractivity contribution < 1.29 is 4.84 Å². The minimum absolute atomic E-state index is 0.139. The number of nitrogens with zero attached hydrogens (tertiary/aromatic N) is 1. The number of oxime groups is 1. The first kappa shape index (κ1) is 10.8. The fourth-order valence-corrected chi connectivity index (χ4v) is 1.11. The van der Waals surface area contributed by atoms with Crippen molar-refractivity contribution in [2.45, 2.75) is 33.3 Å². The maximum Gasteiger partial charge on any atom is 0.122 e. The quantitative estimate of drug-likeness (QED) is 0.529. The van der Waals surface area contributed by atoms with Gasteiger partial charge in [0.2, 0.25) is 0 Å². The van der Waals surface area contributed by atoms with Gasteiger partial charge < -0.3 is 4.84 Å². The predicted octanol–water partition coefficient (Wildman–Crippen LogP) is 3.01. The molecule has 0 amide bonds. The van der Waals surface area contributed by atoms with E-state index in [-0.39, 0.29) is 6.10 Å². The molecule has 2 nitrogen and oxygen atoms in total. The molecule has 0 saturated carbocycles. The van der Waals surface area contributed by atoms with Crippen molar-refractivity contribution in [2.75, 3.05) is 0 Å². The summed E-state index contributed by atoms with van der Waals surface area (Å²) in [6, 6.07) is 8.29. The summed E-state index contributed by atoms with van der Waals surface area (Å²) in [5.74, 6) is 0. The smallest absolute Gasteiger partial charge is 0.122 e. The molecule has 1 rings (SSSR count). The summed E-state index contributed by atoms with van der Waals surface area (Å²) >= 11 is 0. The molecule has 0 unspecified atom stereocenters. The van der Waals surface area contributed by atoms with E-state index < -0.39 is 0 Å². The molecule has 0 heterocycles. The molecule has 1 aromatic rings. The van der Waals surface area contributed by atoms with E-state index >= 15 is 0 Å². The van der Waals surface area contributed by atoms with E-state index in [1.807, 2.05) is 26.0 Å². The van der Waals surface area contributed by atoms with Crippen LogP contribution in [0.5, 0.6) is 0 Å². The zero-order valence-corrected chi connectivity index (χ0v) is 9.03. The molecular formula is C12H17NO. The second kappa shape index (κ2) is 5.43. The van der Waals surface area contributed by atoms with E-state index in [1.54, 1.807) is 6.21 Å². The van der Waals surface area contributed by atoms with Gasteiger partial charge in [0.25, 0.3) is 0 Å². The summed E-state index contributed by atoms with van der Waals surface area (Å²) in [5, 5.41) is 3.89. The highest BCUT2D eigenvalue weighted by molar-refractivity contribution is 5.79. The summed E-state index contributed by atoms with van der Waals surface area (Å²) in [4.78, 5) is 5.09. The molecule has 2 heteroatoms. The molecule has 0 aliphatic carbocycles. The van der Waals surface area contributed by atoms with Crippen LogP contribution < -0.4 is 0 Å². The van der Waals surface area contributed by atoms with E-state index in [9.17, 15) is 0 Å². The van der Waals surface area contributed by atoms with Gasteiger partial charge in [-0.3, -0.25) is 0 Å². The first-order chi connectivity index (χ1) is 6.72. The Hall–Kier alpha value is -1.31. The third kappa shape index (κ3) is 3.60. The molecule has 1 aromatic carbocycles. The van der Waals surface area contributed by atoms with E-state index in [0.717, 1.165) is 12.0 Å². The number of hydrogen-bond donors (Lipinski definition) is 0. The number of aryl methyl sites for hydroxylation is 1. The van der Waals surface area contributed by atoms with Crippen LogP contribution in [0, 0.1) is 0 Å². The number of rotatable bonds is 4. The zero-order chi connectivity index (χ0) is 10.4. The second-order valence-electron chi connectivity index (χ2n) is 3.49. The Morgan fingerprint density at radius 3 is 2.86 bits per heavy atom. The van der Waals surface area contributed by atoms with E-state index in [0.29, 0.717) is 0 Å². The van der Waals surface area contributed by atoms with Gasteiger partial charge in [0.05, 0.1) is 6.21 Å². The van der Waals surface area contributed by atoms with Crippen LogP contribution in [0.2, 0.25) is 0 Å². The van der Waals surface area contributed by atoms with E-state index in [2.05, 4.69) is 24.2 Å². The van der Waals surface area contributed by atoms with Crippen molar-refractivity contribution >= 4 is 6.21 Å². The average Bonchev–Trinajstić information content (AvgIpc) is 2.18. The highest BCUT2D eigenvalue weighted by Crippen LogP contribution is 2.03. The Morgan fingerprint density at radius 1 is 1.43 bits per heavy atom. The van der Waals surface area contributed by atoms with Gasteiger partial charge in [-0.2, -0.15) is 0 Å². The summed E-state index contributed by atoms with van der Waals surface area (Å²) in [5.41, 5.74) is 2.41. The molecule has 0 N–H and O–H groups in total. The summed E-state index contributed by atoms with van der Waals surface area (Å²) in [6.45, 7) is 6.06. The van der Waals surface area contributed by atoms with E-state index in [1.165, 1.54) is 5.56 Å². The predicted molar refractivity (Wildman–Crippen MR) is 59.6 cm³/mol. The van der Waals surface area contributed by atoms with Gasteiger partial charge in [-0.1, -0.05) is 36.3 Å². The fourth-order valence-electron chi connectivity index (χ4n) is 1.11. The standard InChI is InChI=1S/C12H17NO/c1-4-11-6-5-7-12(8-11)9-13-14-10(2)3/h5-10H,4H2,1-3H3. The molecular weight excluding hydrogens is 174 g/mol. The van der Waals surface area contributed by atoms with Crippen LogP contribution in [0.4, 0.5) is 0 Å². The first-order valence-electron chi connectivity index (χ1n) is 5.00. The minimum atomic E-state index is 0.139. The lowest BCUT2D eigenvalue weighted by Gasteiger charge is -2.01. The van der Waals surface area contributed by atoms with Crippen molar-refractivity contribution in [2.24, 2.45) is 5.16 Å². The summed E-state index contributed by atoms with van der Waals surface area (Å²) in [6.07, 6.45) is 2.94. The third-order valence-electron chi connectivity index (χ3n) is 1.83. The van der Waals surface area contributed by atoms with Gasteiger partial charge in [-0.15, -0.1) is 0 Å². The average molecular weight is 191 g/mol. The van der Waals surface area contributed by atoms with Gasteiger partial charge in [0.15, 0.2) is 0 Å². The molecule has 0 aromatic heterocycles. The molecule has 0 radical (unpaired) electrons. The highest BCUT2D eigenvalue weighted by atomic mass is 16.6. The molecule has 0 aliphatic heterocycles. The Labute approximate surface area is 85.6 Å². The molecule has 14 heavy (non-hydrogen) atoms. The fraction of sp³-hybridized carbons (Fsp3) is 0.417. The molecule has 0 atom stereocenters. The molecule has 0 spiro atoms. The second-order valence-corrected chi connectivity index (χ2v) is 3.49. The van der Waals surface area contributed by atoms with Crippen LogP contribution in [0.3, 0.4) is 0 Å². The summed E-state index contributed by atoms with van der Waals surface area (Å²) in [7, 11) is 0. The Bertz CT molecular complexity index is 305. The molecule has 76 valence electrons. The maximum absolute atomic E-state index is 5.09. The van der Waals surface area contributed by atoms with Crippen LogP contribution in [0.1, 0.15) is 31.9 Å². The van der Waals surface area contributed by atoms with Crippen molar-refractivity contribution in [1.29, 1.82) is 0 Å². The molecule has 0 bridgehead atoms. The first-order valence-corrected chi connectivity index (χ1v) is 5.00. The maximum atomic E-state index is 5.09. The van der Waals surface area contributed by atoms with Crippen LogP contribution in [-0.2, 0) is 11.3 Å². The van der Waals surface area contributed by atoms with Crippen molar-refractivity contribution in [3.05, 3.63) is 35.4 Å². The Kier molecular flexibility index (Phi) is 4.17. The lowest BCUT2D eigenvalue weighted by atomic mass is 10.1. The minimum Gasteiger partial charge on any atom is -0.393 e. The lowest BCUT2D eigenvalue weighted by molar-refractivity contribution is 0.0874. The van der Waals surface area contributed by atoms with Gasteiger partial charge in [0, 0.05) is 0 Å². The lowest BCUT2D eigenvalue weighted by Crippen LogP contribution is -1.96. The van der Waals surface area contributed by atoms with Crippen LogP contribution in [-0.4, -0.2) is 12.3 Å². The van der Waals surface area contributed by atoms with Gasteiger partial charge in [0.1, 0.15) is 6.10 Å². The van der Waals surface area contributed by atoms with Crippen molar-refractivity contribution in [3.63, 3.8) is 0 Å². The van der Waals surface area contributed by atoms with Crippen LogP contribution in [0.15, 0.2) is 29.4 Å². The van der Waals surface area contributed by atoms with Crippen LogP contribution >= 0.6 is 0 Å². The normalized spacial score (nSPS) is 11.1. The zero-order valence-electron chi connectivity index (χ0n) is 9.03. The molecule has 0 aliphatic rings. The third-order valence-corrected chi connectivity index (χ3v) is 1.83. The van der Waals surface area contributed by atoms with Crippen molar-refractivity contribution in [1.82, 2.24) is 0 Å². The highest BCUT2D eigenvalue weighted by Gasteiger charge is 1.92. The van der Waals surface area contributed by atoms with Gasteiger partial charge in [-0.05, 0) is 31.4 Å². The monoisotopic (exact) mass is 191 g/mol. The summed E-state index contributed by atoms with van der Waals surface area (Å²) < 4.78 is 0. The van der Waals surface area contributed by atoms with Gasteiger partial charge in [-0.25, -0.2) is 0 Å².